The number of anilines is 2. The number of carbonyl (C=O) groups excluding carboxylic acids is 1. The Bertz CT molecular complexity index is 1180. The van der Waals surface area contributed by atoms with Crippen molar-refractivity contribution >= 4 is 50.5 Å². The van der Waals surface area contributed by atoms with Gasteiger partial charge in [0, 0.05) is 30.3 Å². The number of fused-ring (bicyclic) bond motifs is 1. The molecular formula is C21H28ClN7O3S. The summed E-state index contributed by atoms with van der Waals surface area (Å²) in [5, 5.41) is 3.12. The first-order valence-electron chi connectivity index (χ1n) is 10.8. The Kier molecular flexibility index (Phi) is 6.99. The summed E-state index contributed by atoms with van der Waals surface area (Å²) in [6.45, 7) is 1.29. The Morgan fingerprint density at radius 2 is 2.03 bits per heavy atom. The molecule has 1 aromatic carbocycles. The second-order valence-electron chi connectivity index (χ2n) is 8.21. The van der Waals surface area contributed by atoms with Crippen LogP contribution in [0.15, 0.2) is 30.6 Å². The zero-order chi connectivity index (χ0) is 23.4. The van der Waals surface area contributed by atoms with Gasteiger partial charge < -0.3 is 25.1 Å². The fourth-order valence-electron chi connectivity index (χ4n) is 3.49. The number of hydrogen-bond acceptors (Lipinski definition) is 7. The summed E-state index contributed by atoms with van der Waals surface area (Å²) in [6.07, 6.45) is 6.48. The van der Waals surface area contributed by atoms with E-state index in [-0.39, 0.29) is 11.1 Å². The number of benzene rings is 1. The van der Waals surface area contributed by atoms with Gasteiger partial charge in [-0.1, -0.05) is 12.1 Å². The van der Waals surface area contributed by atoms with Gasteiger partial charge in [0.25, 0.3) is 0 Å². The fraction of sp³-hybridized carbons (Fsp3) is 0.429. The maximum absolute atomic E-state index is 12.5. The average molecular weight is 494 g/mol. The first-order chi connectivity index (χ1) is 15.8. The molecule has 10 nitrogen and oxygen atoms in total. The Labute approximate surface area is 197 Å². The molecule has 0 saturated heterocycles. The molecule has 0 radical (unpaired) electrons. The third-order valence-corrected chi connectivity index (χ3v) is 8.26. The number of aryl methyl sites for hydroxylation is 1. The zero-order valence-electron chi connectivity index (χ0n) is 18.3. The molecule has 1 aliphatic rings. The molecule has 33 heavy (non-hydrogen) atoms. The van der Waals surface area contributed by atoms with Gasteiger partial charge in [-0.15, -0.1) is 0 Å². The number of nitrogens with zero attached hydrogens (tertiary/aromatic N) is 4. The molecule has 0 atom stereocenters. The molecule has 1 saturated carbocycles. The van der Waals surface area contributed by atoms with Crippen LogP contribution >= 0.6 is 11.6 Å². The van der Waals surface area contributed by atoms with Crippen LogP contribution in [0.5, 0.6) is 0 Å². The number of thiol groups is 1. The van der Waals surface area contributed by atoms with Gasteiger partial charge in [-0.05, 0) is 65.1 Å². The smallest absolute Gasteiger partial charge is 0.407 e. The SMILES string of the molecule is C[SH](=O)(Nc1ccc(CNC(=O)OCCCCn2cnc3c(N)nc(Cl)nc32)cc1)C1CC1. The predicted molar refractivity (Wildman–Crippen MR) is 131 cm³/mol. The molecule has 2 aromatic heterocycles. The van der Waals surface area contributed by atoms with Crippen molar-refractivity contribution in [2.24, 2.45) is 0 Å². The number of rotatable bonds is 10. The first kappa shape index (κ1) is 23.2. The maximum atomic E-state index is 12.5. The third-order valence-electron chi connectivity index (χ3n) is 5.48. The van der Waals surface area contributed by atoms with E-state index in [2.05, 4.69) is 25.0 Å². The number of nitrogens with one attached hydrogen (secondary N) is 2. The number of ether oxygens (including phenoxy) is 1. The Balaban J connectivity index is 1.14. The summed E-state index contributed by atoms with van der Waals surface area (Å²) in [7, 11) is -2.34. The van der Waals surface area contributed by atoms with E-state index < -0.39 is 16.2 Å². The lowest BCUT2D eigenvalue weighted by molar-refractivity contribution is 0.143. The number of nitrogen functional groups attached to an aromatic ring is 1. The summed E-state index contributed by atoms with van der Waals surface area (Å²) in [5.41, 5.74) is 8.68. The minimum absolute atomic E-state index is 0.0799. The molecule has 0 aliphatic heterocycles. The number of halogens is 1. The van der Waals surface area contributed by atoms with Crippen LogP contribution < -0.4 is 15.8 Å². The van der Waals surface area contributed by atoms with E-state index in [1.54, 1.807) is 12.6 Å². The molecule has 3 aromatic rings. The van der Waals surface area contributed by atoms with Crippen molar-refractivity contribution in [2.45, 2.75) is 44.0 Å². The van der Waals surface area contributed by atoms with Crippen LogP contribution in [0.4, 0.5) is 16.3 Å². The lowest BCUT2D eigenvalue weighted by atomic mass is 10.2. The van der Waals surface area contributed by atoms with Gasteiger partial charge in [-0.3, -0.25) is 4.21 Å². The largest absolute Gasteiger partial charge is 0.450 e. The number of unbranched alkanes of at least 4 members (excludes halogenated alkanes) is 1. The number of imidazole rings is 1. The molecule has 1 amide bonds. The highest BCUT2D eigenvalue weighted by atomic mass is 35.5. The van der Waals surface area contributed by atoms with E-state index in [0.717, 1.165) is 30.5 Å². The highest BCUT2D eigenvalue weighted by Gasteiger charge is 2.32. The number of hydrogen-bond donors (Lipinski definition) is 4. The first-order valence-corrected chi connectivity index (χ1v) is 13.4. The molecule has 4 rings (SSSR count). The van der Waals surface area contributed by atoms with Crippen molar-refractivity contribution in [1.29, 1.82) is 0 Å². The second kappa shape index (κ2) is 9.92. The molecule has 0 unspecified atom stereocenters. The monoisotopic (exact) mass is 493 g/mol. The summed E-state index contributed by atoms with van der Waals surface area (Å²) >= 11 is 5.87. The topological polar surface area (TPSA) is 137 Å². The number of nitrogens with two attached hydrogens (primary N) is 1. The highest BCUT2D eigenvalue weighted by Crippen LogP contribution is 2.33. The van der Waals surface area contributed by atoms with Gasteiger partial charge in [-0.25, -0.2) is 9.78 Å². The van der Waals surface area contributed by atoms with Crippen LogP contribution in [0, 0.1) is 0 Å². The molecule has 1 fully saturated rings. The van der Waals surface area contributed by atoms with E-state index in [0.29, 0.717) is 42.5 Å². The van der Waals surface area contributed by atoms with Crippen LogP contribution in [-0.2, 0) is 27.9 Å². The summed E-state index contributed by atoms with van der Waals surface area (Å²) in [4.78, 5) is 24.2. The van der Waals surface area contributed by atoms with E-state index in [4.69, 9.17) is 22.1 Å². The van der Waals surface area contributed by atoms with Crippen molar-refractivity contribution in [3.05, 3.63) is 41.4 Å². The molecule has 4 N–H and O–H groups in total. The zero-order valence-corrected chi connectivity index (χ0v) is 20.0. The van der Waals surface area contributed by atoms with Crippen molar-refractivity contribution in [3.63, 3.8) is 0 Å². The molecule has 178 valence electrons. The minimum Gasteiger partial charge on any atom is -0.450 e. The normalized spacial score (nSPS) is 14.2. The van der Waals surface area contributed by atoms with Gasteiger partial charge in [0.15, 0.2) is 11.5 Å². The molecule has 2 heterocycles. The fourth-order valence-corrected chi connectivity index (χ4v) is 5.64. The van der Waals surface area contributed by atoms with Crippen molar-refractivity contribution in [1.82, 2.24) is 24.8 Å². The predicted octanol–water partition coefficient (Wildman–Crippen LogP) is 2.90. The Morgan fingerprint density at radius 1 is 1.27 bits per heavy atom. The van der Waals surface area contributed by atoms with Gasteiger partial charge in [0.2, 0.25) is 5.28 Å². The van der Waals surface area contributed by atoms with Crippen LogP contribution in [0.25, 0.3) is 11.2 Å². The second-order valence-corrected chi connectivity index (χ2v) is 11.5. The van der Waals surface area contributed by atoms with Gasteiger partial charge in [-0.2, -0.15) is 9.97 Å². The van der Waals surface area contributed by atoms with E-state index in [1.807, 2.05) is 28.8 Å². The van der Waals surface area contributed by atoms with E-state index in [9.17, 15) is 9.00 Å². The molecular weight excluding hydrogens is 466 g/mol. The van der Waals surface area contributed by atoms with Crippen LogP contribution in [0.2, 0.25) is 5.28 Å². The van der Waals surface area contributed by atoms with E-state index in [1.165, 1.54) is 0 Å². The molecule has 1 aliphatic carbocycles. The number of alkyl carbamates (subject to hydrolysis) is 1. The number of carbonyl (C=O) groups is 1. The van der Waals surface area contributed by atoms with Crippen molar-refractivity contribution in [3.8, 4) is 0 Å². The quantitative estimate of drug-likeness (QED) is 0.193. The number of amides is 1. The summed E-state index contributed by atoms with van der Waals surface area (Å²) in [5.74, 6) is 0.248. The molecule has 0 bridgehead atoms. The Morgan fingerprint density at radius 3 is 2.76 bits per heavy atom. The van der Waals surface area contributed by atoms with Crippen molar-refractivity contribution in [2.75, 3.05) is 23.3 Å². The van der Waals surface area contributed by atoms with Crippen LogP contribution in [-0.4, -0.2) is 47.9 Å². The maximum Gasteiger partial charge on any atom is 0.407 e. The van der Waals surface area contributed by atoms with Crippen LogP contribution in [0.1, 0.15) is 31.2 Å². The highest BCUT2D eigenvalue weighted by molar-refractivity contribution is 8.04. The van der Waals surface area contributed by atoms with Gasteiger partial charge in [0.05, 0.1) is 12.9 Å². The standard InChI is InChI=1S/C21H28ClN7O3S/c1-33(31,16-8-9-16)28-15-6-4-14(5-7-15)12-24-21(30)32-11-3-2-10-29-13-25-17-18(23)26-20(22)27-19(17)29/h4-7,13,16,33H,2-3,8-12H2,1H3,(H,24,30)(H,28,31)(H2,23,26,27). The average Bonchev–Trinajstić information content (AvgIpc) is 3.56. The molecule has 12 heteroatoms. The van der Waals surface area contributed by atoms with Crippen LogP contribution in [0.3, 0.4) is 0 Å². The van der Waals surface area contributed by atoms with E-state index >= 15 is 0 Å². The lowest BCUT2D eigenvalue weighted by Gasteiger charge is -2.21. The summed E-state index contributed by atoms with van der Waals surface area (Å²) < 4.78 is 22.8. The Hall–Kier alpha value is -2.92. The van der Waals surface area contributed by atoms with Crippen molar-refractivity contribution < 1.29 is 13.7 Å². The minimum atomic E-state index is -2.34. The van der Waals surface area contributed by atoms with Gasteiger partial charge >= 0.3 is 6.09 Å². The number of aromatic nitrogens is 4. The summed E-state index contributed by atoms with van der Waals surface area (Å²) in [6, 6.07) is 7.56. The lowest BCUT2D eigenvalue weighted by Crippen LogP contribution is -2.25. The van der Waals surface area contributed by atoms with Gasteiger partial charge in [0.1, 0.15) is 5.52 Å². The molecule has 0 spiro atoms. The third kappa shape index (κ3) is 6.11.